The fraction of sp³-hybridized carbons (Fsp3) is 0.286. The molecule has 0 aliphatic carbocycles. The maximum atomic E-state index is 12.8. The Labute approximate surface area is 119 Å². The van der Waals surface area contributed by atoms with Gasteiger partial charge in [0.05, 0.1) is 11.3 Å². The maximum absolute atomic E-state index is 12.8. The van der Waals surface area contributed by atoms with Gasteiger partial charge < -0.3 is 0 Å². The summed E-state index contributed by atoms with van der Waals surface area (Å²) >= 11 is 1.33. The van der Waals surface area contributed by atoms with Gasteiger partial charge in [0.15, 0.2) is 0 Å². The summed E-state index contributed by atoms with van der Waals surface area (Å²) in [6.45, 7) is 3.75. The summed E-state index contributed by atoms with van der Waals surface area (Å²) in [7, 11) is 0. The van der Waals surface area contributed by atoms with Gasteiger partial charge in [0.1, 0.15) is 5.69 Å². The van der Waals surface area contributed by atoms with Crippen molar-refractivity contribution in [1.82, 2.24) is 9.97 Å². The van der Waals surface area contributed by atoms with Crippen LogP contribution in [-0.2, 0) is 6.18 Å². The summed E-state index contributed by atoms with van der Waals surface area (Å²) < 4.78 is 38.3. The van der Waals surface area contributed by atoms with E-state index in [9.17, 15) is 13.2 Å². The van der Waals surface area contributed by atoms with Crippen molar-refractivity contribution in [1.29, 1.82) is 0 Å². The van der Waals surface area contributed by atoms with Gasteiger partial charge in [-0.2, -0.15) is 13.2 Å². The van der Waals surface area contributed by atoms with Crippen LogP contribution in [0.4, 0.5) is 13.2 Å². The monoisotopic (exact) mass is 298 g/mol. The zero-order chi connectivity index (χ0) is 14.8. The Bertz CT molecular complexity index is 612. The van der Waals surface area contributed by atoms with Crippen molar-refractivity contribution in [2.75, 3.05) is 5.75 Å². The molecule has 0 fully saturated rings. The average Bonchev–Trinajstić information content (AvgIpc) is 2.39. The van der Waals surface area contributed by atoms with E-state index in [4.69, 9.17) is 0 Å². The molecule has 0 bridgehead atoms. The Morgan fingerprint density at radius 2 is 1.95 bits per heavy atom. The van der Waals surface area contributed by atoms with Crippen molar-refractivity contribution < 1.29 is 13.2 Å². The van der Waals surface area contributed by atoms with Gasteiger partial charge in [-0.3, -0.25) is 9.97 Å². The number of hydrogen-bond donors (Lipinski definition) is 0. The average molecular weight is 298 g/mol. The van der Waals surface area contributed by atoms with Gasteiger partial charge >= 0.3 is 6.18 Å². The number of alkyl halides is 3. The van der Waals surface area contributed by atoms with Crippen LogP contribution in [0.2, 0.25) is 0 Å². The van der Waals surface area contributed by atoms with Gasteiger partial charge in [-0.05, 0) is 30.4 Å². The Hall–Kier alpha value is -1.56. The summed E-state index contributed by atoms with van der Waals surface area (Å²) in [5.74, 6) is 0.669. The topological polar surface area (TPSA) is 25.8 Å². The van der Waals surface area contributed by atoms with Crippen molar-refractivity contribution in [3.63, 3.8) is 0 Å². The number of thioether (sulfide) groups is 1. The normalized spacial score (nSPS) is 11.7. The summed E-state index contributed by atoms with van der Waals surface area (Å²) in [4.78, 5) is 8.72. The zero-order valence-electron chi connectivity index (χ0n) is 11.0. The number of pyridine rings is 2. The van der Waals surface area contributed by atoms with E-state index in [-0.39, 0.29) is 0 Å². The number of aromatic nitrogens is 2. The van der Waals surface area contributed by atoms with E-state index in [0.29, 0.717) is 22.0 Å². The predicted molar refractivity (Wildman–Crippen MR) is 73.6 cm³/mol. The second kappa shape index (κ2) is 5.83. The van der Waals surface area contributed by atoms with Crippen LogP contribution in [0, 0.1) is 6.92 Å². The Kier molecular flexibility index (Phi) is 4.32. The lowest BCUT2D eigenvalue weighted by molar-refractivity contribution is -0.138. The molecule has 2 aromatic rings. The first-order valence-corrected chi connectivity index (χ1v) is 7.04. The van der Waals surface area contributed by atoms with Crippen molar-refractivity contribution in [2.24, 2.45) is 0 Å². The fourth-order valence-corrected chi connectivity index (χ4v) is 2.58. The minimum Gasteiger partial charge on any atom is -0.254 e. The van der Waals surface area contributed by atoms with E-state index in [1.807, 2.05) is 19.9 Å². The molecule has 0 aliphatic heterocycles. The van der Waals surface area contributed by atoms with Gasteiger partial charge in [-0.25, -0.2) is 0 Å². The smallest absolute Gasteiger partial charge is 0.254 e. The SMILES string of the molecule is CCSc1cc(C(F)(F)F)cnc1-c1ncccc1C. The molecule has 20 heavy (non-hydrogen) atoms. The summed E-state index contributed by atoms with van der Waals surface area (Å²) in [5.41, 5.74) is 1.28. The highest BCUT2D eigenvalue weighted by Crippen LogP contribution is 2.36. The standard InChI is InChI=1S/C14H13F3N2S/c1-3-20-11-7-10(14(15,16)17)8-19-13(11)12-9(2)5-4-6-18-12/h4-8H,3H2,1-2H3. The molecular formula is C14H13F3N2S. The zero-order valence-corrected chi connectivity index (χ0v) is 11.8. The van der Waals surface area contributed by atoms with Gasteiger partial charge in [-0.1, -0.05) is 13.0 Å². The highest BCUT2D eigenvalue weighted by Gasteiger charge is 2.32. The van der Waals surface area contributed by atoms with Crippen molar-refractivity contribution in [2.45, 2.75) is 24.9 Å². The third kappa shape index (κ3) is 3.12. The number of hydrogen-bond acceptors (Lipinski definition) is 3. The summed E-state index contributed by atoms with van der Waals surface area (Å²) in [5, 5.41) is 0. The molecule has 0 amide bonds. The number of aryl methyl sites for hydroxylation is 1. The number of halogens is 3. The van der Waals surface area contributed by atoms with E-state index in [2.05, 4.69) is 9.97 Å². The van der Waals surface area contributed by atoms with Crippen molar-refractivity contribution in [3.8, 4) is 11.4 Å². The largest absolute Gasteiger partial charge is 0.417 e. The molecule has 0 spiro atoms. The molecule has 0 unspecified atom stereocenters. The Morgan fingerprint density at radius 3 is 2.55 bits per heavy atom. The first-order chi connectivity index (χ1) is 9.43. The molecule has 6 heteroatoms. The highest BCUT2D eigenvalue weighted by molar-refractivity contribution is 7.99. The van der Waals surface area contributed by atoms with Crippen LogP contribution in [-0.4, -0.2) is 15.7 Å². The van der Waals surface area contributed by atoms with Crippen LogP contribution in [0.25, 0.3) is 11.4 Å². The number of nitrogens with zero attached hydrogens (tertiary/aromatic N) is 2. The third-order valence-electron chi connectivity index (χ3n) is 2.71. The van der Waals surface area contributed by atoms with Crippen LogP contribution in [0.3, 0.4) is 0 Å². The molecule has 0 N–H and O–H groups in total. The molecule has 2 rings (SSSR count). The Balaban J connectivity index is 2.56. The first kappa shape index (κ1) is 14.8. The molecule has 0 saturated heterocycles. The van der Waals surface area contributed by atoms with Crippen LogP contribution in [0.1, 0.15) is 18.1 Å². The van der Waals surface area contributed by atoms with E-state index >= 15 is 0 Å². The van der Waals surface area contributed by atoms with Gasteiger partial charge in [0.2, 0.25) is 0 Å². The van der Waals surface area contributed by atoms with Gasteiger partial charge in [0, 0.05) is 17.3 Å². The molecule has 2 heterocycles. The minimum absolute atomic E-state index is 0.503. The van der Waals surface area contributed by atoms with E-state index in [1.165, 1.54) is 11.8 Å². The maximum Gasteiger partial charge on any atom is 0.417 e. The lowest BCUT2D eigenvalue weighted by Crippen LogP contribution is -2.07. The van der Waals surface area contributed by atoms with Crippen LogP contribution in [0.5, 0.6) is 0 Å². The summed E-state index contributed by atoms with van der Waals surface area (Å²) in [6, 6.07) is 4.79. The quantitative estimate of drug-likeness (QED) is 0.775. The van der Waals surface area contributed by atoms with E-state index in [0.717, 1.165) is 17.8 Å². The lowest BCUT2D eigenvalue weighted by Gasteiger charge is -2.12. The van der Waals surface area contributed by atoms with Crippen LogP contribution in [0.15, 0.2) is 35.5 Å². The molecule has 0 aliphatic rings. The van der Waals surface area contributed by atoms with Crippen molar-refractivity contribution in [3.05, 3.63) is 41.7 Å². The third-order valence-corrected chi connectivity index (χ3v) is 3.62. The fourth-order valence-electron chi connectivity index (χ4n) is 1.78. The van der Waals surface area contributed by atoms with Gasteiger partial charge in [-0.15, -0.1) is 11.8 Å². The van der Waals surface area contributed by atoms with E-state index in [1.54, 1.807) is 12.3 Å². The van der Waals surface area contributed by atoms with Gasteiger partial charge in [0.25, 0.3) is 0 Å². The predicted octanol–water partition coefficient (Wildman–Crippen LogP) is 4.58. The van der Waals surface area contributed by atoms with Crippen LogP contribution < -0.4 is 0 Å². The minimum atomic E-state index is -4.38. The molecule has 2 aromatic heterocycles. The molecule has 106 valence electrons. The summed E-state index contributed by atoms with van der Waals surface area (Å²) in [6.07, 6.45) is -1.90. The Morgan fingerprint density at radius 1 is 1.20 bits per heavy atom. The second-order valence-electron chi connectivity index (χ2n) is 4.17. The highest BCUT2D eigenvalue weighted by atomic mass is 32.2. The molecule has 0 radical (unpaired) electrons. The van der Waals surface area contributed by atoms with E-state index < -0.39 is 11.7 Å². The molecular weight excluding hydrogens is 285 g/mol. The lowest BCUT2D eigenvalue weighted by atomic mass is 10.1. The molecule has 0 saturated carbocycles. The first-order valence-electron chi connectivity index (χ1n) is 6.05. The number of rotatable bonds is 3. The molecule has 0 aromatic carbocycles. The second-order valence-corrected chi connectivity index (χ2v) is 5.48. The molecule has 2 nitrogen and oxygen atoms in total. The van der Waals surface area contributed by atoms with Crippen molar-refractivity contribution >= 4 is 11.8 Å². The molecule has 0 atom stereocenters. The van der Waals surface area contributed by atoms with Crippen LogP contribution >= 0.6 is 11.8 Å².